The minimum Gasteiger partial charge on any atom is -0.465 e. The fourth-order valence-corrected chi connectivity index (χ4v) is 3.06. The summed E-state index contributed by atoms with van der Waals surface area (Å²) in [5, 5.41) is 2.81. The van der Waals surface area contributed by atoms with E-state index in [1.54, 1.807) is 32.2 Å². The van der Waals surface area contributed by atoms with Crippen LogP contribution in [-0.4, -0.2) is 10.9 Å². The molecular formula is C20H19BrN2O3. The Kier molecular flexibility index (Phi) is 5.13. The number of furan rings is 1. The number of halogens is 1. The number of aromatic nitrogens is 1. The van der Waals surface area contributed by atoms with Crippen molar-refractivity contribution in [3.05, 3.63) is 69.2 Å². The molecular weight excluding hydrogens is 396 g/mol. The van der Waals surface area contributed by atoms with Crippen molar-refractivity contribution in [2.75, 3.05) is 5.32 Å². The van der Waals surface area contributed by atoms with Crippen molar-refractivity contribution < 1.29 is 13.9 Å². The van der Waals surface area contributed by atoms with Gasteiger partial charge in [-0.25, -0.2) is 4.98 Å². The molecule has 3 aromatic rings. The number of aryl methyl sites for hydroxylation is 4. The van der Waals surface area contributed by atoms with Gasteiger partial charge in [0.05, 0.1) is 21.9 Å². The average Bonchev–Trinajstić information content (AvgIpc) is 2.85. The standard InChI is InChI=1S/C20H19BrN2O3/c1-11-5-7-16(9-12(11)2)26-17-8-6-15(10-22-17)23-20(24)18-13(3)25-14(4)19(18)21/h5-10H,1-4H3,(H,23,24). The lowest BCUT2D eigenvalue weighted by Crippen LogP contribution is -2.13. The molecule has 1 amide bonds. The van der Waals surface area contributed by atoms with Gasteiger partial charge < -0.3 is 14.5 Å². The fraction of sp³-hybridized carbons (Fsp3) is 0.200. The second kappa shape index (κ2) is 7.33. The van der Waals surface area contributed by atoms with E-state index in [9.17, 15) is 4.79 Å². The molecule has 0 unspecified atom stereocenters. The van der Waals surface area contributed by atoms with Gasteiger partial charge in [-0.2, -0.15) is 0 Å². The molecule has 5 nitrogen and oxygen atoms in total. The number of anilines is 1. The monoisotopic (exact) mass is 414 g/mol. The summed E-state index contributed by atoms with van der Waals surface area (Å²) >= 11 is 3.38. The number of carbonyl (C=O) groups excluding carboxylic acids is 1. The number of nitrogens with zero attached hydrogens (tertiary/aromatic N) is 1. The summed E-state index contributed by atoms with van der Waals surface area (Å²) in [6.07, 6.45) is 1.56. The molecule has 134 valence electrons. The van der Waals surface area contributed by atoms with Crippen LogP contribution < -0.4 is 10.1 Å². The lowest BCUT2D eigenvalue weighted by molar-refractivity contribution is 0.102. The van der Waals surface area contributed by atoms with E-state index < -0.39 is 0 Å². The highest BCUT2D eigenvalue weighted by atomic mass is 79.9. The Labute approximate surface area is 160 Å². The molecule has 6 heteroatoms. The van der Waals surface area contributed by atoms with Crippen molar-refractivity contribution in [3.63, 3.8) is 0 Å². The van der Waals surface area contributed by atoms with Crippen LogP contribution in [0.4, 0.5) is 5.69 Å². The molecule has 0 bridgehead atoms. The van der Waals surface area contributed by atoms with Crippen molar-refractivity contribution >= 4 is 27.5 Å². The zero-order chi connectivity index (χ0) is 18.8. The molecule has 2 aromatic heterocycles. The minimum atomic E-state index is -0.254. The molecule has 3 rings (SSSR count). The smallest absolute Gasteiger partial charge is 0.260 e. The molecule has 0 atom stereocenters. The lowest BCUT2D eigenvalue weighted by Gasteiger charge is -2.08. The average molecular weight is 415 g/mol. The molecule has 26 heavy (non-hydrogen) atoms. The molecule has 1 aromatic carbocycles. The molecule has 0 aliphatic heterocycles. The number of nitrogens with one attached hydrogen (secondary N) is 1. The van der Waals surface area contributed by atoms with Crippen LogP contribution in [0.15, 0.2) is 45.4 Å². The van der Waals surface area contributed by atoms with Crippen LogP contribution in [0.2, 0.25) is 0 Å². The van der Waals surface area contributed by atoms with Crippen molar-refractivity contribution in [1.29, 1.82) is 0 Å². The van der Waals surface area contributed by atoms with Crippen LogP contribution in [0.1, 0.15) is 33.0 Å². The second-order valence-electron chi connectivity index (χ2n) is 6.09. The fourth-order valence-electron chi connectivity index (χ4n) is 2.52. The maximum absolute atomic E-state index is 12.5. The van der Waals surface area contributed by atoms with Crippen molar-refractivity contribution in [3.8, 4) is 11.6 Å². The van der Waals surface area contributed by atoms with Crippen molar-refractivity contribution in [2.45, 2.75) is 27.7 Å². The molecule has 0 aliphatic carbocycles. The third-order valence-electron chi connectivity index (χ3n) is 4.11. The van der Waals surface area contributed by atoms with Crippen molar-refractivity contribution in [2.24, 2.45) is 0 Å². The number of ether oxygens (including phenoxy) is 1. The first-order valence-electron chi connectivity index (χ1n) is 8.13. The molecule has 2 heterocycles. The molecule has 0 aliphatic rings. The first kappa shape index (κ1) is 18.2. The Morgan fingerprint density at radius 2 is 1.85 bits per heavy atom. The third-order valence-corrected chi connectivity index (χ3v) is 5.06. The van der Waals surface area contributed by atoms with Gasteiger partial charge >= 0.3 is 0 Å². The maximum Gasteiger partial charge on any atom is 0.260 e. The Balaban J connectivity index is 1.71. The van der Waals surface area contributed by atoms with Crippen molar-refractivity contribution in [1.82, 2.24) is 4.98 Å². The van der Waals surface area contributed by atoms with Gasteiger partial charge in [0.15, 0.2) is 0 Å². The molecule has 1 N–H and O–H groups in total. The summed E-state index contributed by atoms with van der Waals surface area (Å²) in [5.74, 6) is 2.17. The quantitative estimate of drug-likeness (QED) is 0.592. The molecule has 0 radical (unpaired) electrons. The summed E-state index contributed by atoms with van der Waals surface area (Å²) in [4.78, 5) is 16.7. The lowest BCUT2D eigenvalue weighted by atomic mass is 10.1. The summed E-state index contributed by atoms with van der Waals surface area (Å²) in [6.45, 7) is 7.64. The Bertz CT molecular complexity index is 962. The number of hydrogen-bond acceptors (Lipinski definition) is 4. The van der Waals surface area contributed by atoms with Gasteiger partial charge in [-0.05, 0) is 73.0 Å². The van der Waals surface area contributed by atoms with E-state index in [4.69, 9.17) is 9.15 Å². The Hall–Kier alpha value is -2.60. The van der Waals surface area contributed by atoms with E-state index >= 15 is 0 Å². The molecule has 0 saturated carbocycles. The summed E-state index contributed by atoms with van der Waals surface area (Å²) in [5.41, 5.74) is 3.42. The summed E-state index contributed by atoms with van der Waals surface area (Å²) in [6, 6.07) is 9.34. The Morgan fingerprint density at radius 3 is 2.42 bits per heavy atom. The van der Waals surface area contributed by atoms with Gasteiger partial charge in [-0.15, -0.1) is 0 Å². The van der Waals surface area contributed by atoms with Crippen LogP contribution in [0.5, 0.6) is 11.6 Å². The number of benzene rings is 1. The van der Waals surface area contributed by atoms with Gasteiger partial charge in [0.2, 0.25) is 5.88 Å². The topological polar surface area (TPSA) is 64.4 Å². The number of amides is 1. The number of hydrogen-bond donors (Lipinski definition) is 1. The van der Waals surface area contributed by atoms with Gasteiger partial charge in [0.25, 0.3) is 5.91 Å². The van der Waals surface area contributed by atoms with E-state index in [2.05, 4.69) is 33.2 Å². The van der Waals surface area contributed by atoms with Gasteiger partial charge in [0, 0.05) is 6.07 Å². The highest BCUT2D eigenvalue weighted by molar-refractivity contribution is 9.10. The zero-order valence-corrected chi connectivity index (χ0v) is 16.6. The highest BCUT2D eigenvalue weighted by Crippen LogP contribution is 2.28. The summed E-state index contributed by atoms with van der Waals surface area (Å²) in [7, 11) is 0. The highest BCUT2D eigenvalue weighted by Gasteiger charge is 2.20. The van der Waals surface area contributed by atoms with Crippen LogP contribution in [-0.2, 0) is 0 Å². The first-order chi connectivity index (χ1) is 12.3. The van der Waals surface area contributed by atoms with Gasteiger partial charge in [-0.1, -0.05) is 6.07 Å². The largest absolute Gasteiger partial charge is 0.465 e. The van der Waals surface area contributed by atoms with Crippen LogP contribution in [0.3, 0.4) is 0 Å². The van der Waals surface area contributed by atoms with E-state index in [-0.39, 0.29) is 5.91 Å². The summed E-state index contributed by atoms with van der Waals surface area (Å²) < 4.78 is 11.9. The maximum atomic E-state index is 12.5. The normalized spacial score (nSPS) is 10.7. The van der Waals surface area contributed by atoms with Crippen LogP contribution >= 0.6 is 15.9 Å². The zero-order valence-electron chi connectivity index (χ0n) is 15.0. The third kappa shape index (κ3) is 3.80. The Morgan fingerprint density at radius 1 is 1.08 bits per heavy atom. The first-order valence-corrected chi connectivity index (χ1v) is 8.92. The molecule has 0 spiro atoms. The number of rotatable bonds is 4. The van der Waals surface area contributed by atoms with Crippen LogP contribution in [0.25, 0.3) is 0 Å². The SMILES string of the molecule is Cc1ccc(Oc2ccc(NC(=O)c3c(C)oc(C)c3Br)cn2)cc1C. The minimum absolute atomic E-state index is 0.254. The van der Waals surface area contributed by atoms with E-state index in [0.717, 1.165) is 11.3 Å². The van der Waals surface area contributed by atoms with Crippen LogP contribution in [0, 0.1) is 27.7 Å². The molecule has 0 saturated heterocycles. The second-order valence-corrected chi connectivity index (χ2v) is 6.88. The number of carbonyl (C=O) groups is 1. The van der Waals surface area contributed by atoms with E-state index in [1.165, 1.54) is 5.56 Å². The van der Waals surface area contributed by atoms with E-state index in [0.29, 0.717) is 33.1 Å². The van der Waals surface area contributed by atoms with E-state index in [1.807, 2.05) is 25.1 Å². The van der Waals surface area contributed by atoms with Gasteiger partial charge in [-0.3, -0.25) is 4.79 Å². The predicted molar refractivity (Wildman–Crippen MR) is 104 cm³/mol. The molecule has 0 fully saturated rings. The predicted octanol–water partition coefficient (Wildman–Crippen LogP) is 5.72. The number of pyridine rings is 1. The van der Waals surface area contributed by atoms with Gasteiger partial charge in [0.1, 0.15) is 17.3 Å².